The molecule has 6 nitrogen and oxygen atoms in total. The first-order chi connectivity index (χ1) is 14.6. The van der Waals surface area contributed by atoms with Crippen molar-refractivity contribution in [2.45, 2.75) is 45.3 Å². The molecule has 0 bridgehead atoms. The van der Waals surface area contributed by atoms with Gasteiger partial charge < -0.3 is 14.2 Å². The average Bonchev–Trinajstić information content (AvgIpc) is 3.19. The van der Waals surface area contributed by atoms with Gasteiger partial charge in [0.05, 0.1) is 13.2 Å². The molecule has 0 N–H and O–H groups in total. The van der Waals surface area contributed by atoms with Gasteiger partial charge in [-0.05, 0) is 49.9 Å². The van der Waals surface area contributed by atoms with Gasteiger partial charge in [-0.1, -0.05) is 42.5 Å². The normalized spacial score (nSPS) is 18.1. The highest BCUT2D eigenvalue weighted by Crippen LogP contribution is 2.35. The zero-order chi connectivity index (χ0) is 21.4. The van der Waals surface area contributed by atoms with E-state index in [2.05, 4.69) is 0 Å². The number of nitrogens with zero attached hydrogens (tertiary/aromatic N) is 1. The Morgan fingerprint density at radius 3 is 2.33 bits per heavy atom. The van der Waals surface area contributed by atoms with Gasteiger partial charge in [-0.3, -0.25) is 4.90 Å². The van der Waals surface area contributed by atoms with E-state index < -0.39 is 11.6 Å². The molecule has 1 heterocycles. The third-order valence-corrected chi connectivity index (χ3v) is 5.30. The molecule has 30 heavy (non-hydrogen) atoms. The number of likely N-dealkylation sites (tertiary alicyclic amines) is 1. The lowest BCUT2D eigenvalue weighted by Crippen LogP contribution is -2.55. The monoisotopic (exact) mass is 411 g/mol. The van der Waals surface area contributed by atoms with Crippen LogP contribution in [0.25, 0.3) is 0 Å². The second-order valence-corrected chi connectivity index (χ2v) is 7.30. The summed E-state index contributed by atoms with van der Waals surface area (Å²) in [5, 5.41) is 0. The van der Waals surface area contributed by atoms with E-state index >= 15 is 0 Å². The molecule has 0 saturated carbocycles. The number of benzene rings is 2. The number of carbonyl (C=O) groups excluding carboxylic acids is 2. The Bertz CT molecular complexity index is 836. The quantitative estimate of drug-likeness (QED) is 0.604. The molecule has 0 radical (unpaired) electrons. The summed E-state index contributed by atoms with van der Waals surface area (Å²) in [5.74, 6) is 0.394. The standard InChI is InChI=1S/C24H29NO5/c1-3-28-21-13-11-19(12-14-21)17-24(22(26)29-4-2)15-8-16-25(24)23(27)30-18-20-9-6-5-7-10-20/h5-7,9-14H,3-4,8,15-18H2,1-2H3/t24-/m1/s1. The zero-order valence-electron chi connectivity index (χ0n) is 17.6. The Balaban J connectivity index is 1.79. The van der Waals surface area contributed by atoms with Crippen molar-refractivity contribution in [2.24, 2.45) is 0 Å². The van der Waals surface area contributed by atoms with Gasteiger partial charge in [-0.25, -0.2) is 9.59 Å². The van der Waals surface area contributed by atoms with Crippen molar-refractivity contribution in [3.8, 4) is 5.75 Å². The molecule has 1 atom stereocenters. The van der Waals surface area contributed by atoms with Gasteiger partial charge in [0.25, 0.3) is 0 Å². The Labute approximate surface area is 177 Å². The van der Waals surface area contributed by atoms with E-state index in [-0.39, 0.29) is 19.2 Å². The average molecular weight is 411 g/mol. The van der Waals surface area contributed by atoms with E-state index in [9.17, 15) is 9.59 Å². The highest BCUT2D eigenvalue weighted by atomic mass is 16.6. The second kappa shape index (κ2) is 10.1. The number of carbonyl (C=O) groups is 2. The maximum absolute atomic E-state index is 13.0. The molecule has 2 aromatic rings. The first kappa shape index (κ1) is 21.7. The van der Waals surface area contributed by atoms with Crippen LogP contribution >= 0.6 is 0 Å². The fourth-order valence-electron chi connectivity index (χ4n) is 3.88. The lowest BCUT2D eigenvalue weighted by atomic mass is 9.88. The molecular formula is C24H29NO5. The molecule has 0 unspecified atom stereocenters. The first-order valence-electron chi connectivity index (χ1n) is 10.5. The van der Waals surface area contributed by atoms with Gasteiger partial charge in [0.1, 0.15) is 17.9 Å². The van der Waals surface area contributed by atoms with E-state index in [0.717, 1.165) is 23.3 Å². The maximum atomic E-state index is 13.0. The largest absolute Gasteiger partial charge is 0.494 e. The summed E-state index contributed by atoms with van der Waals surface area (Å²) in [5.41, 5.74) is 0.782. The molecule has 2 aromatic carbocycles. The van der Waals surface area contributed by atoms with Crippen LogP contribution in [0.15, 0.2) is 54.6 Å². The molecule has 1 aliphatic heterocycles. The van der Waals surface area contributed by atoms with Crippen molar-refractivity contribution in [2.75, 3.05) is 19.8 Å². The van der Waals surface area contributed by atoms with Crippen LogP contribution in [-0.2, 0) is 27.3 Å². The predicted molar refractivity (Wildman–Crippen MR) is 113 cm³/mol. The van der Waals surface area contributed by atoms with Gasteiger partial charge in [-0.2, -0.15) is 0 Å². The van der Waals surface area contributed by atoms with Crippen molar-refractivity contribution >= 4 is 12.1 Å². The van der Waals surface area contributed by atoms with E-state index in [1.807, 2.05) is 61.5 Å². The maximum Gasteiger partial charge on any atom is 0.411 e. The van der Waals surface area contributed by atoms with Gasteiger partial charge in [0.15, 0.2) is 0 Å². The molecule has 6 heteroatoms. The van der Waals surface area contributed by atoms with Crippen molar-refractivity contribution in [1.29, 1.82) is 0 Å². The summed E-state index contributed by atoms with van der Waals surface area (Å²) in [4.78, 5) is 27.5. The summed E-state index contributed by atoms with van der Waals surface area (Å²) in [6.45, 7) is 5.18. The van der Waals surface area contributed by atoms with Crippen molar-refractivity contribution in [1.82, 2.24) is 4.90 Å². The minimum Gasteiger partial charge on any atom is -0.494 e. The molecule has 1 amide bonds. The number of hydrogen-bond donors (Lipinski definition) is 0. The van der Waals surface area contributed by atoms with Crippen molar-refractivity contribution in [3.05, 3.63) is 65.7 Å². The highest BCUT2D eigenvalue weighted by molar-refractivity contribution is 5.87. The van der Waals surface area contributed by atoms with Crippen LogP contribution in [0.2, 0.25) is 0 Å². The molecule has 3 rings (SSSR count). The zero-order valence-corrected chi connectivity index (χ0v) is 17.6. The summed E-state index contributed by atoms with van der Waals surface area (Å²) < 4.78 is 16.4. The molecule has 0 aromatic heterocycles. The Kier molecular flexibility index (Phi) is 7.33. The third kappa shape index (κ3) is 4.93. The number of ether oxygens (including phenoxy) is 3. The minimum absolute atomic E-state index is 0.165. The van der Waals surface area contributed by atoms with Gasteiger partial charge >= 0.3 is 12.1 Å². The SMILES string of the molecule is CCOC(=O)[C@]1(Cc2ccc(OCC)cc2)CCCN1C(=O)OCc1ccccc1. The molecule has 1 saturated heterocycles. The topological polar surface area (TPSA) is 65.1 Å². The lowest BCUT2D eigenvalue weighted by Gasteiger charge is -2.35. The second-order valence-electron chi connectivity index (χ2n) is 7.30. The van der Waals surface area contributed by atoms with Gasteiger partial charge in [-0.15, -0.1) is 0 Å². The van der Waals surface area contributed by atoms with E-state index in [4.69, 9.17) is 14.2 Å². The number of rotatable bonds is 8. The van der Waals surface area contributed by atoms with Crippen LogP contribution in [0.5, 0.6) is 5.75 Å². The van der Waals surface area contributed by atoms with Crippen LogP contribution in [-0.4, -0.2) is 42.3 Å². The summed E-state index contributed by atoms with van der Waals surface area (Å²) >= 11 is 0. The van der Waals surface area contributed by atoms with Gasteiger partial charge in [0, 0.05) is 13.0 Å². The van der Waals surface area contributed by atoms with Gasteiger partial charge in [0.2, 0.25) is 0 Å². The fourth-order valence-corrected chi connectivity index (χ4v) is 3.88. The summed E-state index contributed by atoms with van der Waals surface area (Å²) in [6, 6.07) is 17.1. The number of amides is 1. The third-order valence-electron chi connectivity index (χ3n) is 5.30. The molecular weight excluding hydrogens is 382 g/mol. The summed E-state index contributed by atoms with van der Waals surface area (Å²) in [6.07, 6.45) is 1.14. The Morgan fingerprint density at radius 1 is 0.933 bits per heavy atom. The molecule has 0 spiro atoms. The fraction of sp³-hybridized carbons (Fsp3) is 0.417. The Hall–Kier alpha value is -3.02. The van der Waals surface area contributed by atoms with E-state index in [1.165, 1.54) is 0 Å². The molecule has 0 aliphatic carbocycles. The first-order valence-corrected chi connectivity index (χ1v) is 10.5. The molecule has 160 valence electrons. The molecule has 1 aliphatic rings. The van der Waals surface area contributed by atoms with Crippen LogP contribution in [0.4, 0.5) is 4.79 Å². The lowest BCUT2D eigenvalue weighted by molar-refractivity contribution is -0.155. The van der Waals surface area contributed by atoms with E-state index in [1.54, 1.807) is 11.8 Å². The van der Waals surface area contributed by atoms with Crippen LogP contribution in [0, 0.1) is 0 Å². The van der Waals surface area contributed by atoms with E-state index in [0.29, 0.717) is 26.0 Å². The van der Waals surface area contributed by atoms with Crippen molar-refractivity contribution in [3.63, 3.8) is 0 Å². The van der Waals surface area contributed by atoms with Crippen LogP contribution in [0.3, 0.4) is 0 Å². The highest BCUT2D eigenvalue weighted by Gasteiger charge is 2.51. The predicted octanol–water partition coefficient (Wildman–Crippen LogP) is 4.36. The summed E-state index contributed by atoms with van der Waals surface area (Å²) in [7, 11) is 0. The molecule has 1 fully saturated rings. The Morgan fingerprint density at radius 2 is 1.67 bits per heavy atom. The van der Waals surface area contributed by atoms with Crippen LogP contribution in [0.1, 0.15) is 37.8 Å². The number of hydrogen-bond acceptors (Lipinski definition) is 5. The minimum atomic E-state index is -1.06. The van der Waals surface area contributed by atoms with Crippen LogP contribution < -0.4 is 4.74 Å². The smallest absolute Gasteiger partial charge is 0.411 e. The number of esters is 1. The van der Waals surface area contributed by atoms with Crippen molar-refractivity contribution < 1.29 is 23.8 Å².